The summed E-state index contributed by atoms with van der Waals surface area (Å²) < 4.78 is 64.4. The Morgan fingerprint density at radius 3 is 2.39 bits per heavy atom. The standard InChI is InChI=1S/C30H35BrF2N4O3S/c1-19-14-24-10-11-25(15-19)37(24)29(38)28(30(32,33)22-6-8-23(31)9-7-22)35-41(39,40)26-12-13-27-21(16-26)18-36(34-27)17-20-4-2-3-5-20/h6-9,12-13,16,18-20,24-25,28,35H,2-5,10-11,14-15,17H2,1H3. The minimum Gasteiger partial charge on any atom is -0.335 e. The van der Waals surface area contributed by atoms with Gasteiger partial charge in [0.05, 0.1) is 10.4 Å². The van der Waals surface area contributed by atoms with E-state index >= 15 is 8.78 Å². The molecule has 1 aromatic heterocycles. The Balaban J connectivity index is 1.32. The molecule has 3 aromatic rings. The number of hydrogen-bond acceptors (Lipinski definition) is 4. The Hall–Kier alpha value is -2.37. The predicted octanol–water partition coefficient (Wildman–Crippen LogP) is 6.22. The molecule has 2 bridgehead atoms. The summed E-state index contributed by atoms with van der Waals surface area (Å²) in [6.45, 7) is 2.87. The minimum atomic E-state index is -4.50. The third-order valence-electron chi connectivity index (χ3n) is 9.09. The van der Waals surface area contributed by atoms with Gasteiger partial charge in [0.25, 0.3) is 5.92 Å². The first-order valence-corrected chi connectivity index (χ1v) is 16.7. The van der Waals surface area contributed by atoms with Crippen molar-refractivity contribution in [3.05, 3.63) is 58.7 Å². The van der Waals surface area contributed by atoms with Crippen LogP contribution < -0.4 is 4.72 Å². The summed E-state index contributed by atoms with van der Waals surface area (Å²) in [5.41, 5.74) is 0.205. The molecule has 220 valence electrons. The van der Waals surface area contributed by atoms with Gasteiger partial charge >= 0.3 is 0 Å². The van der Waals surface area contributed by atoms with Gasteiger partial charge in [0.2, 0.25) is 15.9 Å². The van der Waals surface area contributed by atoms with Crippen LogP contribution in [0.2, 0.25) is 0 Å². The molecule has 6 rings (SSSR count). The molecule has 2 aliphatic heterocycles. The zero-order valence-corrected chi connectivity index (χ0v) is 25.4. The van der Waals surface area contributed by atoms with Gasteiger partial charge in [-0.25, -0.2) is 8.42 Å². The molecule has 2 aromatic carbocycles. The largest absolute Gasteiger partial charge is 0.335 e. The van der Waals surface area contributed by atoms with Crippen LogP contribution in [0.1, 0.15) is 63.9 Å². The average molecular weight is 650 g/mol. The van der Waals surface area contributed by atoms with Crippen molar-refractivity contribution in [3.8, 4) is 0 Å². The lowest BCUT2D eigenvalue weighted by Gasteiger charge is -2.41. The van der Waals surface area contributed by atoms with E-state index in [0.717, 1.165) is 45.1 Å². The number of hydrogen-bond donors (Lipinski definition) is 1. The molecule has 11 heteroatoms. The monoisotopic (exact) mass is 648 g/mol. The highest BCUT2D eigenvalue weighted by molar-refractivity contribution is 9.10. The third-order valence-corrected chi connectivity index (χ3v) is 11.0. The molecule has 7 nitrogen and oxygen atoms in total. The van der Waals surface area contributed by atoms with Crippen molar-refractivity contribution in [2.75, 3.05) is 0 Å². The number of nitrogens with one attached hydrogen (secondary N) is 1. The van der Waals surface area contributed by atoms with Crippen LogP contribution in [-0.4, -0.2) is 47.1 Å². The normalized spacial score (nSPS) is 24.3. The summed E-state index contributed by atoms with van der Waals surface area (Å²) in [4.78, 5) is 15.3. The number of alkyl halides is 2. The number of rotatable bonds is 8. The molecular weight excluding hydrogens is 614 g/mol. The van der Waals surface area contributed by atoms with Crippen molar-refractivity contribution in [2.45, 2.75) is 93.8 Å². The van der Waals surface area contributed by atoms with Crippen LogP contribution in [0.25, 0.3) is 10.9 Å². The van der Waals surface area contributed by atoms with E-state index in [0.29, 0.717) is 27.2 Å². The minimum absolute atomic E-state index is 0.161. The highest BCUT2D eigenvalue weighted by Crippen LogP contribution is 2.42. The fourth-order valence-corrected chi connectivity index (χ4v) is 8.56. The van der Waals surface area contributed by atoms with Crippen molar-refractivity contribution in [1.82, 2.24) is 19.4 Å². The molecule has 1 saturated carbocycles. The lowest BCUT2D eigenvalue weighted by Crippen LogP contribution is -2.59. The number of carbonyl (C=O) groups excluding carboxylic acids is 1. The zero-order chi connectivity index (χ0) is 28.9. The van der Waals surface area contributed by atoms with Gasteiger partial charge in [0.1, 0.15) is 0 Å². The van der Waals surface area contributed by atoms with Gasteiger partial charge < -0.3 is 4.90 Å². The molecule has 41 heavy (non-hydrogen) atoms. The van der Waals surface area contributed by atoms with Gasteiger partial charge in [-0.15, -0.1) is 0 Å². The quantitative estimate of drug-likeness (QED) is 0.314. The average Bonchev–Trinajstić information content (AvgIpc) is 3.65. The molecule has 0 radical (unpaired) electrons. The Morgan fingerprint density at radius 2 is 1.73 bits per heavy atom. The van der Waals surface area contributed by atoms with Crippen molar-refractivity contribution in [3.63, 3.8) is 0 Å². The van der Waals surface area contributed by atoms with Crippen LogP contribution >= 0.6 is 15.9 Å². The number of fused-ring (bicyclic) bond motifs is 3. The summed E-state index contributed by atoms with van der Waals surface area (Å²) >= 11 is 3.26. The van der Waals surface area contributed by atoms with Crippen LogP contribution in [0.4, 0.5) is 8.78 Å². The zero-order valence-electron chi connectivity index (χ0n) is 23.0. The van der Waals surface area contributed by atoms with Gasteiger partial charge in [0, 0.05) is 40.2 Å². The maximum atomic E-state index is 16.2. The molecule has 1 N–H and O–H groups in total. The topological polar surface area (TPSA) is 84.3 Å². The second-order valence-corrected chi connectivity index (χ2v) is 14.7. The third kappa shape index (κ3) is 5.69. The number of aromatic nitrogens is 2. The SMILES string of the molecule is CC1CC2CCC(C1)N2C(=O)C(NS(=O)(=O)c1ccc2nn(CC3CCCC3)cc2c1)C(F)(F)c1ccc(Br)cc1. The highest BCUT2D eigenvalue weighted by atomic mass is 79.9. The van der Waals surface area contributed by atoms with E-state index in [2.05, 4.69) is 32.7 Å². The van der Waals surface area contributed by atoms with E-state index in [9.17, 15) is 13.2 Å². The van der Waals surface area contributed by atoms with E-state index in [1.54, 1.807) is 12.3 Å². The molecule has 3 heterocycles. The van der Waals surface area contributed by atoms with Crippen LogP contribution in [0.5, 0.6) is 0 Å². The molecule has 2 saturated heterocycles. The maximum absolute atomic E-state index is 16.2. The first kappa shape index (κ1) is 28.7. The van der Waals surface area contributed by atoms with Gasteiger partial charge in [0.15, 0.2) is 6.04 Å². The molecule has 3 aliphatic rings. The van der Waals surface area contributed by atoms with Crippen LogP contribution in [0, 0.1) is 11.8 Å². The predicted molar refractivity (Wildman–Crippen MR) is 156 cm³/mol. The van der Waals surface area contributed by atoms with E-state index in [-0.39, 0.29) is 17.0 Å². The number of sulfonamides is 1. The lowest BCUT2D eigenvalue weighted by molar-refractivity contribution is -0.149. The first-order valence-electron chi connectivity index (χ1n) is 14.5. The van der Waals surface area contributed by atoms with Crippen LogP contribution in [0.3, 0.4) is 0 Å². The Bertz CT molecular complexity index is 1520. The fraction of sp³-hybridized carbons (Fsp3) is 0.533. The summed E-state index contributed by atoms with van der Waals surface area (Å²) in [6.07, 6.45) is 9.47. The molecular formula is C30H35BrF2N4O3S. The van der Waals surface area contributed by atoms with E-state index in [1.165, 1.54) is 54.1 Å². The van der Waals surface area contributed by atoms with Crippen molar-refractivity contribution in [1.29, 1.82) is 0 Å². The number of benzene rings is 2. The van der Waals surface area contributed by atoms with Crippen LogP contribution in [0.15, 0.2) is 58.0 Å². The summed E-state index contributed by atoms with van der Waals surface area (Å²) in [6, 6.07) is 7.15. The van der Waals surface area contributed by atoms with E-state index in [1.807, 2.05) is 4.68 Å². The van der Waals surface area contributed by atoms with Gasteiger partial charge in [-0.2, -0.15) is 18.6 Å². The van der Waals surface area contributed by atoms with E-state index < -0.39 is 33.5 Å². The highest BCUT2D eigenvalue weighted by Gasteiger charge is 2.53. The number of amides is 1. The molecule has 3 fully saturated rings. The van der Waals surface area contributed by atoms with Gasteiger partial charge in [-0.1, -0.05) is 47.8 Å². The maximum Gasteiger partial charge on any atom is 0.298 e. The Labute approximate surface area is 247 Å². The summed E-state index contributed by atoms with van der Waals surface area (Å²) in [5, 5.41) is 5.19. The summed E-state index contributed by atoms with van der Waals surface area (Å²) in [5.74, 6) is -3.72. The van der Waals surface area contributed by atoms with Crippen molar-refractivity contribution >= 4 is 42.8 Å². The molecule has 3 unspecified atom stereocenters. The fourth-order valence-electron chi connectivity index (χ4n) is 7.07. The summed E-state index contributed by atoms with van der Waals surface area (Å²) in [7, 11) is -4.50. The van der Waals surface area contributed by atoms with Crippen molar-refractivity contribution in [2.24, 2.45) is 11.8 Å². The number of halogens is 3. The molecule has 0 spiro atoms. The number of carbonyl (C=O) groups is 1. The Morgan fingerprint density at radius 1 is 1.07 bits per heavy atom. The lowest BCUT2D eigenvalue weighted by atomic mass is 9.91. The molecule has 1 aliphatic carbocycles. The van der Waals surface area contributed by atoms with Gasteiger partial charge in [-0.3, -0.25) is 9.48 Å². The van der Waals surface area contributed by atoms with Gasteiger partial charge in [-0.05, 0) is 80.7 Å². The number of nitrogens with zero attached hydrogens (tertiary/aromatic N) is 3. The van der Waals surface area contributed by atoms with Crippen molar-refractivity contribution < 1.29 is 22.0 Å². The number of piperidine rings is 1. The first-order chi connectivity index (χ1) is 19.5. The Kier molecular flexibility index (Phi) is 7.74. The van der Waals surface area contributed by atoms with Crippen LogP contribution in [-0.2, 0) is 27.3 Å². The molecule has 3 atom stereocenters. The second kappa shape index (κ2) is 11.0. The molecule has 1 amide bonds. The smallest absolute Gasteiger partial charge is 0.298 e. The second-order valence-electron chi connectivity index (χ2n) is 12.1. The van der Waals surface area contributed by atoms with E-state index in [4.69, 9.17) is 0 Å².